The first-order valence-electron chi connectivity index (χ1n) is 10.1. The lowest BCUT2D eigenvalue weighted by atomic mass is 9.78. The second-order valence-corrected chi connectivity index (χ2v) is 9.85. The quantitative estimate of drug-likeness (QED) is 0.655. The highest BCUT2D eigenvalue weighted by Crippen LogP contribution is 2.29. The summed E-state index contributed by atoms with van der Waals surface area (Å²) in [6.45, 7) is 8.95. The SMILES string of the molecule is Cc1ccc(S(=O)(=O)NCC(=O)O[C@@H](C)C(=O)N[C@@H]2CCC[C@H](C)[C@@H]2C)cc1C. The van der Waals surface area contributed by atoms with E-state index in [2.05, 4.69) is 23.9 Å². The standard InChI is InChI=1S/C21H32N2O5S/c1-13-9-10-18(11-15(13)3)29(26,27)22-12-20(24)28-17(5)21(25)23-19-8-6-7-14(2)16(19)4/h9-11,14,16-17,19,22H,6-8,12H2,1-5H3,(H,23,25)/t14-,16-,17-,19+/m0/s1. The molecule has 1 aromatic carbocycles. The Morgan fingerprint density at radius 2 is 1.86 bits per heavy atom. The molecule has 1 aromatic rings. The highest BCUT2D eigenvalue weighted by atomic mass is 32.2. The third kappa shape index (κ3) is 6.27. The van der Waals surface area contributed by atoms with Gasteiger partial charge in [-0.2, -0.15) is 4.72 Å². The van der Waals surface area contributed by atoms with E-state index in [9.17, 15) is 18.0 Å². The Hall–Kier alpha value is -1.93. The van der Waals surface area contributed by atoms with Crippen molar-refractivity contribution in [3.05, 3.63) is 29.3 Å². The Morgan fingerprint density at radius 3 is 2.52 bits per heavy atom. The Bertz CT molecular complexity index is 853. The Labute approximate surface area is 173 Å². The summed E-state index contributed by atoms with van der Waals surface area (Å²) in [6, 6.07) is 4.81. The average molecular weight is 425 g/mol. The summed E-state index contributed by atoms with van der Waals surface area (Å²) in [5.41, 5.74) is 1.82. The third-order valence-corrected chi connectivity index (χ3v) is 7.31. The van der Waals surface area contributed by atoms with E-state index in [1.807, 2.05) is 13.8 Å². The smallest absolute Gasteiger partial charge is 0.321 e. The Balaban J connectivity index is 1.86. The van der Waals surface area contributed by atoms with Crippen molar-refractivity contribution in [1.29, 1.82) is 0 Å². The van der Waals surface area contributed by atoms with Crippen LogP contribution in [0.25, 0.3) is 0 Å². The van der Waals surface area contributed by atoms with Gasteiger partial charge in [-0.3, -0.25) is 9.59 Å². The minimum Gasteiger partial charge on any atom is -0.452 e. The monoisotopic (exact) mass is 424 g/mol. The van der Waals surface area contributed by atoms with Gasteiger partial charge in [0.2, 0.25) is 10.0 Å². The summed E-state index contributed by atoms with van der Waals surface area (Å²) >= 11 is 0. The van der Waals surface area contributed by atoms with Crippen molar-refractivity contribution < 1.29 is 22.7 Å². The number of nitrogens with one attached hydrogen (secondary N) is 2. The van der Waals surface area contributed by atoms with Crippen molar-refractivity contribution in [2.24, 2.45) is 11.8 Å². The van der Waals surface area contributed by atoms with Crippen molar-refractivity contribution >= 4 is 21.9 Å². The number of sulfonamides is 1. The molecule has 0 aromatic heterocycles. The van der Waals surface area contributed by atoms with E-state index in [0.29, 0.717) is 11.8 Å². The van der Waals surface area contributed by atoms with Crippen molar-refractivity contribution in [3.63, 3.8) is 0 Å². The molecule has 1 saturated carbocycles. The molecular weight excluding hydrogens is 392 g/mol. The maximum Gasteiger partial charge on any atom is 0.321 e. The molecule has 1 aliphatic carbocycles. The zero-order valence-electron chi connectivity index (χ0n) is 17.8. The second-order valence-electron chi connectivity index (χ2n) is 8.09. The van der Waals surface area contributed by atoms with Crippen LogP contribution in [0, 0.1) is 25.7 Å². The van der Waals surface area contributed by atoms with Crippen LogP contribution in [0.1, 0.15) is 51.2 Å². The lowest BCUT2D eigenvalue weighted by Crippen LogP contribution is -2.48. The molecule has 1 aliphatic rings. The molecular formula is C21H32N2O5S. The first kappa shape index (κ1) is 23.3. The maximum atomic E-state index is 12.4. The molecule has 4 atom stereocenters. The molecule has 1 fully saturated rings. The van der Waals surface area contributed by atoms with Crippen molar-refractivity contribution in [3.8, 4) is 0 Å². The normalized spacial score (nSPS) is 23.3. The number of carbonyl (C=O) groups excluding carboxylic acids is 2. The molecule has 7 nitrogen and oxygen atoms in total. The van der Waals surface area contributed by atoms with Crippen LogP contribution in [0.5, 0.6) is 0 Å². The van der Waals surface area contributed by atoms with E-state index in [4.69, 9.17) is 4.74 Å². The number of hydrogen-bond acceptors (Lipinski definition) is 5. The van der Waals surface area contributed by atoms with E-state index >= 15 is 0 Å². The third-order valence-electron chi connectivity index (χ3n) is 5.91. The van der Waals surface area contributed by atoms with Gasteiger partial charge in [0.1, 0.15) is 6.54 Å². The summed E-state index contributed by atoms with van der Waals surface area (Å²) in [5, 5.41) is 2.96. The van der Waals surface area contributed by atoms with Gasteiger partial charge in [-0.25, -0.2) is 8.42 Å². The summed E-state index contributed by atoms with van der Waals surface area (Å²) in [5.74, 6) is -0.265. The zero-order chi connectivity index (χ0) is 21.8. The summed E-state index contributed by atoms with van der Waals surface area (Å²) in [7, 11) is -3.84. The average Bonchev–Trinajstić information content (AvgIpc) is 2.66. The molecule has 0 aliphatic heterocycles. The Morgan fingerprint density at radius 1 is 1.17 bits per heavy atom. The van der Waals surface area contributed by atoms with E-state index in [0.717, 1.165) is 30.4 Å². The summed E-state index contributed by atoms with van der Waals surface area (Å²) < 4.78 is 32.0. The number of aryl methyl sites for hydroxylation is 2. The van der Waals surface area contributed by atoms with Gasteiger partial charge in [-0.15, -0.1) is 0 Å². The highest BCUT2D eigenvalue weighted by molar-refractivity contribution is 7.89. The fraction of sp³-hybridized carbons (Fsp3) is 0.619. The maximum absolute atomic E-state index is 12.4. The van der Waals surface area contributed by atoms with Gasteiger partial charge in [0.15, 0.2) is 6.10 Å². The van der Waals surface area contributed by atoms with Crippen LogP contribution >= 0.6 is 0 Å². The lowest BCUT2D eigenvalue weighted by molar-refractivity contribution is -0.154. The van der Waals surface area contributed by atoms with Gasteiger partial charge < -0.3 is 10.1 Å². The van der Waals surface area contributed by atoms with Gasteiger partial charge in [-0.1, -0.05) is 32.8 Å². The molecule has 29 heavy (non-hydrogen) atoms. The number of ether oxygens (including phenoxy) is 1. The Kier molecular flexibility index (Phi) is 7.82. The zero-order valence-corrected chi connectivity index (χ0v) is 18.6. The molecule has 0 saturated heterocycles. The minimum atomic E-state index is -3.84. The number of rotatable bonds is 7. The van der Waals surface area contributed by atoms with Crippen LogP contribution < -0.4 is 10.0 Å². The van der Waals surface area contributed by atoms with Gasteiger partial charge in [0, 0.05) is 6.04 Å². The molecule has 1 amide bonds. The molecule has 8 heteroatoms. The van der Waals surface area contributed by atoms with E-state index in [1.54, 1.807) is 12.1 Å². The van der Waals surface area contributed by atoms with Crippen LogP contribution in [0.4, 0.5) is 0 Å². The summed E-state index contributed by atoms with van der Waals surface area (Å²) in [6.07, 6.45) is 2.13. The molecule has 0 bridgehead atoms. The van der Waals surface area contributed by atoms with Crippen molar-refractivity contribution in [2.45, 2.75) is 70.9 Å². The molecule has 2 rings (SSSR count). The minimum absolute atomic E-state index is 0.0654. The number of carbonyl (C=O) groups is 2. The van der Waals surface area contributed by atoms with E-state index in [1.165, 1.54) is 13.0 Å². The lowest BCUT2D eigenvalue weighted by Gasteiger charge is -2.35. The van der Waals surface area contributed by atoms with Gasteiger partial charge >= 0.3 is 5.97 Å². The van der Waals surface area contributed by atoms with Crippen molar-refractivity contribution in [2.75, 3.05) is 6.54 Å². The second kappa shape index (κ2) is 9.71. The molecule has 0 unspecified atom stereocenters. The van der Waals surface area contributed by atoms with E-state index < -0.39 is 28.6 Å². The topological polar surface area (TPSA) is 102 Å². The molecule has 0 radical (unpaired) electrons. The fourth-order valence-corrected chi connectivity index (χ4v) is 4.55. The molecule has 0 heterocycles. The predicted molar refractivity (Wildman–Crippen MR) is 111 cm³/mol. The largest absolute Gasteiger partial charge is 0.452 e. The molecule has 162 valence electrons. The fourth-order valence-electron chi connectivity index (χ4n) is 3.50. The van der Waals surface area contributed by atoms with Crippen LogP contribution in [-0.2, 0) is 24.3 Å². The first-order valence-corrected chi connectivity index (χ1v) is 11.6. The van der Waals surface area contributed by atoms with Crippen LogP contribution in [-0.4, -0.2) is 39.0 Å². The first-order chi connectivity index (χ1) is 13.5. The van der Waals surface area contributed by atoms with Gasteiger partial charge in [-0.05, 0) is 62.3 Å². The van der Waals surface area contributed by atoms with Crippen molar-refractivity contribution in [1.82, 2.24) is 10.0 Å². The number of esters is 1. The summed E-state index contributed by atoms with van der Waals surface area (Å²) in [4.78, 5) is 24.5. The van der Waals surface area contributed by atoms with Gasteiger partial charge in [0.25, 0.3) is 5.91 Å². The van der Waals surface area contributed by atoms with Crippen LogP contribution in [0.15, 0.2) is 23.1 Å². The molecule has 0 spiro atoms. The number of hydrogen-bond donors (Lipinski definition) is 2. The highest BCUT2D eigenvalue weighted by Gasteiger charge is 2.30. The molecule has 2 N–H and O–H groups in total. The van der Waals surface area contributed by atoms with Crippen LogP contribution in [0.2, 0.25) is 0 Å². The number of amides is 1. The number of benzene rings is 1. The van der Waals surface area contributed by atoms with Gasteiger partial charge in [0.05, 0.1) is 4.90 Å². The van der Waals surface area contributed by atoms with Crippen LogP contribution in [0.3, 0.4) is 0 Å². The van der Waals surface area contributed by atoms with E-state index in [-0.39, 0.29) is 16.8 Å². The predicted octanol–water partition coefficient (Wildman–Crippen LogP) is 2.45.